The Morgan fingerprint density at radius 2 is 1.79 bits per heavy atom. The predicted molar refractivity (Wildman–Crippen MR) is 136 cm³/mol. The van der Waals surface area contributed by atoms with Gasteiger partial charge >= 0.3 is 6.03 Å². The molecule has 0 aromatic heterocycles. The minimum absolute atomic E-state index is 0.0187. The Morgan fingerprint density at radius 3 is 2.50 bits per heavy atom. The second kappa shape index (κ2) is 12.5. The summed E-state index contributed by atoms with van der Waals surface area (Å²) in [5, 5.41) is 0. The van der Waals surface area contributed by atoms with Crippen molar-refractivity contribution >= 4 is 11.7 Å². The van der Waals surface area contributed by atoms with Crippen LogP contribution in [0.5, 0.6) is 17.2 Å². The molecule has 1 heterocycles. The second-order valence-corrected chi connectivity index (χ2v) is 8.81. The van der Waals surface area contributed by atoms with Gasteiger partial charge in [-0.15, -0.1) is 0 Å². The van der Waals surface area contributed by atoms with Crippen molar-refractivity contribution in [1.29, 1.82) is 0 Å². The molecule has 0 spiro atoms. The SMILES string of the molecule is CCCCCOc1cc(N2CCCN(Cc3ccc(C(C)CN)cc3OC)C2=O)ccc1OC. The maximum atomic E-state index is 13.4. The van der Waals surface area contributed by atoms with Crippen LogP contribution >= 0.6 is 0 Å². The second-order valence-electron chi connectivity index (χ2n) is 8.81. The molecule has 0 aliphatic carbocycles. The number of amides is 2. The van der Waals surface area contributed by atoms with E-state index in [2.05, 4.69) is 19.9 Å². The van der Waals surface area contributed by atoms with Crippen molar-refractivity contribution in [3.05, 3.63) is 47.5 Å². The highest BCUT2D eigenvalue weighted by molar-refractivity contribution is 5.93. The molecule has 34 heavy (non-hydrogen) atoms. The molecule has 1 saturated heterocycles. The Bertz CT molecular complexity index is 949. The number of hydrogen-bond acceptors (Lipinski definition) is 5. The van der Waals surface area contributed by atoms with Crippen LogP contribution in [0.15, 0.2) is 36.4 Å². The van der Waals surface area contributed by atoms with Crippen LogP contribution in [0.3, 0.4) is 0 Å². The first kappa shape index (κ1) is 25.7. The molecule has 7 nitrogen and oxygen atoms in total. The lowest BCUT2D eigenvalue weighted by Gasteiger charge is -2.36. The van der Waals surface area contributed by atoms with E-state index in [1.165, 1.54) is 0 Å². The van der Waals surface area contributed by atoms with Crippen molar-refractivity contribution in [2.75, 3.05) is 45.4 Å². The van der Waals surface area contributed by atoms with Crippen LogP contribution in [0.1, 0.15) is 56.6 Å². The Labute approximate surface area is 203 Å². The lowest BCUT2D eigenvalue weighted by Crippen LogP contribution is -2.49. The van der Waals surface area contributed by atoms with Crippen LogP contribution in [0.2, 0.25) is 0 Å². The van der Waals surface area contributed by atoms with Gasteiger partial charge in [0, 0.05) is 30.4 Å². The number of methoxy groups -OCH3 is 2. The van der Waals surface area contributed by atoms with Crippen LogP contribution in [-0.4, -0.2) is 51.4 Å². The standard InChI is InChI=1S/C27H39N3O4/c1-5-6-7-15-34-26-17-23(11-12-24(26)32-3)30-14-8-13-29(27(30)31)19-22-10-9-21(20(2)18-28)16-25(22)33-4/h9-12,16-17,20H,5-8,13-15,18-19,28H2,1-4H3. The van der Waals surface area contributed by atoms with Crippen LogP contribution in [0, 0.1) is 0 Å². The van der Waals surface area contributed by atoms with Crippen LogP contribution in [0.4, 0.5) is 10.5 Å². The van der Waals surface area contributed by atoms with Crippen molar-refractivity contribution < 1.29 is 19.0 Å². The van der Waals surface area contributed by atoms with Crippen LogP contribution in [0.25, 0.3) is 0 Å². The monoisotopic (exact) mass is 469 g/mol. The van der Waals surface area contributed by atoms with Gasteiger partial charge in [-0.25, -0.2) is 4.79 Å². The molecule has 0 radical (unpaired) electrons. The number of carbonyl (C=O) groups excluding carboxylic acids is 1. The number of nitrogens with two attached hydrogens (primary N) is 1. The fraction of sp³-hybridized carbons (Fsp3) is 0.519. The first-order chi connectivity index (χ1) is 16.5. The van der Waals surface area contributed by atoms with Crippen molar-refractivity contribution in [3.63, 3.8) is 0 Å². The molecule has 186 valence electrons. The third kappa shape index (κ3) is 6.14. The number of benzene rings is 2. The third-order valence-electron chi connectivity index (χ3n) is 6.37. The van der Waals surface area contributed by atoms with E-state index in [4.69, 9.17) is 19.9 Å². The number of unbranched alkanes of at least 4 members (excludes halogenated alkanes) is 2. The van der Waals surface area contributed by atoms with Gasteiger partial charge in [0.1, 0.15) is 5.75 Å². The normalized spacial score (nSPS) is 14.8. The number of nitrogens with zero attached hydrogens (tertiary/aromatic N) is 2. The quantitative estimate of drug-likeness (QED) is 0.434. The van der Waals surface area contributed by atoms with E-state index in [9.17, 15) is 4.79 Å². The highest BCUT2D eigenvalue weighted by Crippen LogP contribution is 2.34. The summed E-state index contributed by atoms with van der Waals surface area (Å²) in [5.41, 5.74) is 8.77. The Morgan fingerprint density at radius 1 is 1.00 bits per heavy atom. The minimum Gasteiger partial charge on any atom is -0.496 e. The largest absolute Gasteiger partial charge is 0.496 e. The van der Waals surface area contributed by atoms with Crippen molar-refractivity contribution in [2.24, 2.45) is 5.73 Å². The molecule has 1 unspecified atom stereocenters. The molecule has 0 bridgehead atoms. The van der Waals surface area contributed by atoms with E-state index >= 15 is 0 Å². The maximum absolute atomic E-state index is 13.4. The molecule has 1 fully saturated rings. The summed E-state index contributed by atoms with van der Waals surface area (Å²) < 4.78 is 17.1. The zero-order chi connectivity index (χ0) is 24.5. The molecule has 1 aliphatic rings. The summed E-state index contributed by atoms with van der Waals surface area (Å²) in [5.74, 6) is 2.39. The maximum Gasteiger partial charge on any atom is 0.324 e. The van der Waals surface area contributed by atoms with Crippen molar-refractivity contribution in [3.8, 4) is 17.2 Å². The molecule has 3 rings (SSSR count). The van der Waals surface area contributed by atoms with Crippen LogP contribution in [-0.2, 0) is 6.54 Å². The molecule has 1 atom stereocenters. The van der Waals surface area contributed by atoms with Gasteiger partial charge in [-0.3, -0.25) is 4.90 Å². The molecule has 2 aromatic rings. The highest BCUT2D eigenvalue weighted by Gasteiger charge is 2.28. The number of carbonyl (C=O) groups is 1. The smallest absolute Gasteiger partial charge is 0.324 e. The summed E-state index contributed by atoms with van der Waals surface area (Å²) in [6.07, 6.45) is 4.13. The average Bonchev–Trinajstić information content (AvgIpc) is 2.87. The van der Waals surface area contributed by atoms with Gasteiger partial charge in [0.15, 0.2) is 11.5 Å². The molecule has 2 aromatic carbocycles. The van der Waals surface area contributed by atoms with Crippen molar-refractivity contribution in [1.82, 2.24) is 4.90 Å². The van der Waals surface area contributed by atoms with Crippen molar-refractivity contribution in [2.45, 2.75) is 52.0 Å². The number of anilines is 1. The van der Waals surface area contributed by atoms with Gasteiger partial charge < -0.3 is 24.8 Å². The van der Waals surface area contributed by atoms with E-state index in [1.54, 1.807) is 14.2 Å². The van der Waals surface area contributed by atoms with Gasteiger partial charge in [-0.05, 0) is 49.1 Å². The highest BCUT2D eigenvalue weighted by atomic mass is 16.5. The molecule has 1 aliphatic heterocycles. The Hall–Kier alpha value is -2.93. The van der Waals surface area contributed by atoms with Gasteiger partial charge in [0.05, 0.1) is 27.4 Å². The fourth-order valence-electron chi connectivity index (χ4n) is 4.19. The van der Waals surface area contributed by atoms with E-state index in [0.717, 1.165) is 48.2 Å². The van der Waals surface area contributed by atoms with E-state index < -0.39 is 0 Å². The summed E-state index contributed by atoms with van der Waals surface area (Å²) in [6.45, 7) is 7.33. The van der Waals surface area contributed by atoms with Gasteiger partial charge in [0.25, 0.3) is 0 Å². The molecule has 0 saturated carbocycles. The lowest BCUT2D eigenvalue weighted by atomic mass is 9.99. The molecular formula is C27H39N3O4. The summed E-state index contributed by atoms with van der Waals surface area (Å²) in [4.78, 5) is 17.1. The first-order valence-electron chi connectivity index (χ1n) is 12.3. The number of urea groups is 1. The molecular weight excluding hydrogens is 430 g/mol. The predicted octanol–water partition coefficient (Wildman–Crippen LogP) is 5.17. The molecule has 2 amide bonds. The van der Waals surface area contributed by atoms with Gasteiger partial charge in [-0.1, -0.05) is 38.8 Å². The number of ether oxygens (including phenoxy) is 3. The fourth-order valence-corrected chi connectivity index (χ4v) is 4.19. The zero-order valence-corrected chi connectivity index (χ0v) is 21.0. The zero-order valence-electron chi connectivity index (χ0n) is 21.0. The Balaban J connectivity index is 1.76. The van der Waals surface area contributed by atoms with E-state index in [0.29, 0.717) is 44.3 Å². The summed E-state index contributed by atoms with van der Waals surface area (Å²) >= 11 is 0. The number of hydrogen-bond donors (Lipinski definition) is 1. The van der Waals surface area contributed by atoms with Crippen LogP contribution < -0.4 is 24.8 Å². The summed E-state index contributed by atoms with van der Waals surface area (Å²) in [7, 11) is 3.30. The molecule has 7 heteroatoms. The van der Waals surface area contributed by atoms with E-state index in [-0.39, 0.29) is 11.9 Å². The first-order valence-corrected chi connectivity index (χ1v) is 12.3. The summed E-state index contributed by atoms with van der Waals surface area (Å²) in [6, 6.07) is 11.8. The average molecular weight is 470 g/mol. The van der Waals surface area contributed by atoms with Gasteiger partial charge in [-0.2, -0.15) is 0 Å². The molecule has 2 N–H and O–H groups in total. The van der Waals surface area contributed by atoms with Gasteiger partial charge in [0.2, 0.25) is 0 Å². The van der Waals surface area contributed by atoms with E-state index in [1.807, 2.05) is 40.1 Å². The third-order valence-corrected chi connectivity index (χ3v) is 6.37. The topological polar surface area (TPSA) is 77.3 Å². The minimum atomic E-state index is -0.0187. The number of rotatable bonds is 12. The Kier molecular flexibility index (Phi) is 9.45. The lowest BCUT2D eigenvalue weighted by molar-refractivity contribution is 0.191.